The van der Waals surface area contributed by atoms with Crippen LogP contribution in [0.4, 0.5) is 0 Å². The maximum absolute atomic E-state index is 10.5. The van der Waals surface area contributed by atoms with E-state index in [-0.39, 0.29) is 6.61 Å². The topological polar surface area (TPSA) is 67.2 Å². The largest absolute Gasteiger partial charge is 0.392 e. The second kappa shape index (κ2) is 9.10. The Labute approximate surface area is 150 Å². The first-order chi connectivity index (χ1) is 12.2. The lowest BCUT2D eigenvalue weighted by atomic mass is 10.0. The first kappa shape index (κ1) is 18.8. The third-order valence-corrected chi connectivity index (χ3v) is 5.65. The summed E-state index contributed by atoms with van der Waals surface area (Å²) in [6.07, 6.45) is 4.22. The van der Waals surface area contributed by atoms with Crippen LogP contribution in [0.5, 0.6) is 0 Å². The molecule has 3 rings (SSSR count). The van der Waals surface area contributed by atoms with Crippen LogP contribution in [-0.4, -0.2) is 70.0 Å². The first-order valence-electron chi connectivity index (χ1n) is 9.68. The molecule has 25 heavy (non-hydrogen) atoms. The van der Waals surface area contributed by atoms with Gasteiger partial charge in [-0.2, -0.15) is 0 Å². The van der Waals surface area contributed by atoms with E-state index >= 15 is 0 Å². The Hall–Kier alpha value is -0.980. The third kappa shape index (κ3) is 5.25. The van der Waals surface area contributed by atoms with Crippen LogP contribution in [0.2, 0.25) is 0 Å². The van der Waals surface area contributed by atoms with Crippen LogP contribution in [-0.2, 0) is 6.61 Å². The number of aliphatic hydroxyl groups excluding tert-OH is 3. The molecule has 1 aromatic rings. The molecule has 3 unspecified atom stereocenters. The molecular weight excluding hydrogens is 316 g/mol. The Morgan fingerprint density at radius 1 is 1.00 bits per heavy atom. The Balaban J connectivity index is 1.47. The van der Waals surface area contributed by atoms with Crippen molar-refractivity contribution in [1.29, 1.82) is 0 Å². The first-order valence-corrected chi connectivity index (χ1v) is 9.68. The predicted molar refractivity (Wildman–Crippen MR) is 98.2 cm³/mol. The van der Waals surface area contributed by atoms with Gasteiger partial charge in [-0.1, -0.05) is 24.3 Å². The molecule has 0 saturated carbocycles. The van der Waals surface area contributed by atoms with Gasteiger partial charge >= 0.3 is 0 Å². The quantitative estimate of drug-likeness (QED) is 0.665. The van der Waals surface area contributed by atoms with Crippen molar-refractivity contribution in [2.45, 2.75) is 57.0 Å². The van der Waals surface area contributed by atoms with Crippen molar-refractivity contribution in [2.24, 2.45) is 0 Å². The minimum atomic E-state index is -0.664. The van der Waals surface area contributed by atoms with E-state index in [0.717, 1.165) is 24.2 Å². The third-order valence-electron chi connectivity index (χ3n) is 5.65. The Kier molecular flexibility index (Phi) is 6.84. The lowest BCUT2D eigenvalue weighted by Gasteiger charge is -2.30. The number of benzene rings is 1. The fourth-order valence-corrected chi connectivity index (χ4v) is 4.19. The summed E-state index contributed by atoms with van der Waals surface area (Å²) >= 11 is 0. The smallest absolute Gasteiger partial charge is 0.0815 e. The molecule has 5 heteroatoms. The maximum atomic E-state index is 10.5. The number of likely N-dealkylation sites (tertiary alicyclic amines) is 2. The highest BCUT2D eigenvalue weighted by Crippen LogP contribution is 2.23. The van der Waals surface area contributed by atoms with Crippen molar-refractivity contribution >= 4 is 0 Å². The van der Waals surface area contributed by atoms with Gasteiger partial charge in [0, 0.05) is 25.6 Å². The number of nitrogens with zero attached hydrogens (tertiary/aromatic N) is 2. The van der Waals surface area contributed by atoms with E-state index in [1.54, 1.807) is 0 Å². The summed E-state index contributed by atoms with van der Waals surface area (Å²) in [5.74, 6) is 0. The highest BCUT2D eigenvalue weighted by Gasteiger charge is 2.29. The number of hydrogen-bond donors (Lipinski definition) is 3. The molecule has 0 aromatic heterocycles. The normalized spacial score (nSPS) is 24.7. The van der Waals surface area contributed by atoms with Gasteiger partial charge in [0.1, 0.15) is 0 Å². The van der Waals surface area contributed by atoms with Crippen LogP contribution in [0.3, 0.4) is 0 Å². The fraction of sp³-hybridized carbons (Fsp3) is 0.700. The molecule has 0 aliphatic carbocycles. The average Bonchev–Trinajstić information content (AvgIpc) is 3.28. The molecule has 3 N–H and O–H groups in total. The lowest BCUT2D eigenvalue weighted by Crippen LogP contribution is -2.42. The van der Waals surface area contributed by atoms with Gasteiger partial charge in [0.05, 0.1) is 18.8 Å². The van der Waals surface area contributed by atoms with Gasteiger partial charge in [-0.25, -0.2) is 0 Å². The zero-order chi connectivity index (χ0) is 17.6. The number of β-amino-alcohol motifs (C(OH)–C–C–N with tert-alkyl or cyclic N) is 1. The van der Waals surface area contributed by atoms with Crippen LogP contribution in [0, 0.1) is 0 Å². The van der Waals surface area contributed by atoms with Gasteiger partial charge in [0.15, 0.2) is 0 Å². The van der Waals surface area contributed by atoms with E-state index in [9.17, 15) is 10.2 Å². The van der Waals surface area contributed by atoms with E-state index in [4.69, 9.17) is 5.11 Å². The second-order valence-electron chi connectivity index (χ2n) is 7.60. The van der Waals surface area contributed by atoms with Crippen LogP contribution in [0.25, 0.3) is 0 Å². The fourth-order valence-electron chi connectivity index (χ4n) is 4.19. The molecule has 140 valence electrons. The van der Waals surface area contributed by atoms with Gasteiger partial charge < -0.3 is 20.2 Å². The summed E-state index contributed by atoms with van der Waals surface area (Å²) < 4.78 is 0. The average molecular weight is 348 g/mol. The number of hydrogen-bond acceptors (Lipinski definition) is 5. The van der Waals surface area contributed by atoms with E-state index in [2.05, 4.69) is 9.80 Å². The Bertz CT molecular complexity index is 516. The lowest BCUT2D eigenvalue weighted by molar-refractivity contribution is 0.0466. The SMILES string of the molecule is OCc1ccc(C(O)CC(O)CN2CCCC2CN2CCCC2)cc1. The Morgan fingerprint density at radius 2 is 1.72 bits per heavy atom. The molecule has 3 atom stereocenters. The molecule has 2 saturated heterocycles. The highest BCUT2D eigenvalue weighted by atomic mass is 16.3. The minimum Gasteiger partial charge on any atom is -0.392 e. The second-order valence-corrected chi connectivity index (χ2v) is 7.60. The summed E-state index contributed by atoms with van der Waals surface area (Å²) in [6.45, 7) is 5.26. The molecule has 0 bridgehead atoms. The molecule has 2 aliphatic rings. The van der Waals surface area contributed by atoms with Crippen molar-refractivity contribution in [1.82, 2.24) is 9.80 Å². The Morgan fingerprint density at radius 3 is 2.40 bits per heavy atom. The molecule has 0 radical (unpaired) electrons. The number of aliphatic hydroxyl groups is 3. The van der Waals surface area contributed by atoms with Gasteiger partial charge in [-0.05, 0) is 56.4 Å². The van der Waals surface area contributed by atoms with Gasteiger partial charge in [0.2, 0.25) is 0 Å². The standard InChI is InChI=1S/C20H32N2O3/c23-15-16-5-7-17(8-6-16)20(25)12-19(24)14-22-11-3-4-18(22)13-21-9-1-2-10-21/h5-8,18-20,23-25H,1-4,9-15H2. The van der Waals surface area contributed by atoms with Gasteiger partial charge in [-0.3, -0.25) is 4.90 Å². The van der Waals surface area contributed by atoms with Gasteiger partial charge in [-0.15, -0.1) is 0 Å². The van der Waals surface area contributed by atoms with E-state index in [0.29, 0.717) is 19.0 Å². The molecule has 1 aromatic carbocycles. The molecule has 5 nitrogen and oxygen atoms in total. The minimum absolute atomic E-state index is 0.00632. The van der Waals surface area contributed by atoms with E-state index in [1.807, 2.05) is 24.3 Å². The molecule has 2 aliphatic heterocycles. The van der Waals surface area contributed by atoms with Gasteiger partial charge in [0.25, 0.3) is 0 Å². The van der Waals surface area contributed by atoms with Crippen LogP contribution >= 0.6 is 0 Å². The van der Waals surface area contributed by atoms with Crippen LogP contribution in [0.1, 0.15) is 49.3 Å². The van der Waals surface area contributed by atoms with Crippen molar-refractivity contribution < 1.29 is 15.3 Å². The highest BCUT2D eigenvalue weighted by molar-refractivity contribution is 5.23. The summed E-state index contributed by atoms with van der Waals surface area (Å²) in [7, 11) is 0. The van der Waals surface area contributed by atoms with Crippen molar-refractivity contribution in [2.75, 3.05) is 32.7 Å². The monoisotopic (exact) mass is 348 g/mol. The molecule has 2 fully saturated rings. The van der Waals surface area contributed by atoms with Crippen molar-refractivity contribution in [3.8, 4) is 0 Å². The van der Waals surface area contributed by atoms with E-state index in [1.165, 1.54) is 38.8 Å². The molecule has 0 spiro atoms. The van der Waals surface area contributed by atoms with Crippen molar-refractivity contribution in [3.05, 3.63) is 35.4 Å². The molecule has 2 heterocycles. The summed E-state index contributed by atoms with van der Waals surface area (Å²) in [4.78, 5) is 4.96. The van der Waals surface area contributed by atoms with Crippen LogP contribution in [0.15, 0.2) is 24.3 Å². The number of rotatable bonds is 8. The maximum Gasteiger partial charge on any atom is 0.0815 e. The molecular formula is C20H32N2O3. The molecule has 0 amide bonds. The van der Waals surface area contributed by atoms with Crippen LogP contribution < -0.4 is 0 Å². The zero-order valence-corrected chi connectivity index (χ0v) is 15.1. The summed E-state index contributed by atoms with van der Waals surface area (Å²) in [5.41, 5.74) is 1.63. The zero-order valence-electron chi connectivity index (χ0n) is 15.1. The summed E-state index contributed by atoms with van der Waals surface area (Å²) in [5, 5.41) is 29.9. The summed E-state index contributed by atoms with van der Waals surface area (Å²) in [6, 6.07) is 7.84. The van der Waals surface area contributed by atoms with Crippen molar-refractivity contribution in [3.63, 3.8) is 0 Å². The van der Waals surface area contributed by atoms with E-state index < -0.39 is 12.2 Å². The predicted octanol–water partition coefficient (Wildman–Crippen LogP) is 1.52.